The van der Waals surface area contributed by atoms with E-state index in [4.69, 9.17) is 18.9 Å². The molecule has 9 nitrogen and oxygen atoms in total. The van der Waals surface area contributed by atoms with Crippen LogP contribution in [-0.4, -0.2) is 56.1 Å². The molecule has 9 heteroatoms. The Balaban J connectivity index is 1.28. The lowest BCUT2D eigenvalue weighted by Gasteiger charge is -2.36. The maximum Gasteiger partial charge on any atom is 0.188 e. The van der Waals surface area contributed by atoms with Gasteiger partial charge in [0, 0.05) is 6.42 Å². The third-order valence-electron chi connectivity index (χ3n) is 7.08. The Labute approximate surface area is 217 Å². The zero-order valence-electron chi connectivity index (χ0n) is 21.3. The zero-order chi connectivity index (χ0) is 26.5. The molecule has 0 bridgehead atoms. The topological polar surface area (TPSA) is 138 Å². The van der Waals surface area contributed by atoms with Gasteiger partial charge in [-0.3, -0.25) is 0 Å². The van der Waals surface area contributed by atoms with Gasteiger partial charge in [0.05, 0.1) is 41.6 Å². The van der Waals surface area contributed by atoms with Gasteiger partial charge in [-0.15, -0.1) is 0 Å². The largest absolute Gasteiger partial charge is 0.504 e. The van der Waals surface area contributed by atoms with Gasteiger partial charge in [-0.2, -0.15) is 0 Å². The number of aliphatic hydroxyl groups is 1. The highest BCUT2D eigenvalue weighted by Crippen LogP contribution is 2.41. The molecule has 4 rings (SSSR count). The molecule has 0 radical (unpaired) electrons. The van der Waals surface area contributed by atoms with Crippen LogP contribution in [0.15, 0.2) is 36.4 Å². The molecule has 0 spiro atoms. The highest BCUT2D eigenvalue weighted by Gasteiger charge is 2.34. The molecule has 7 atom stereocenters. The number of para-hydroxylation sites is 2. The van der Waals surface area contributed by atoms with Crippen LogP contribution in [0.25, 0.3) is 0 Å². The summed E-state index contributed by atoms with van der Waals surface area (Å²) in [5.74, 6) is -0.947. The van der Waals surface area contributed by atoms with E-state index >= 15 is 0 Å². The molecule has 2 aromatic rings. The van der Waals surface area contributed by atoms with Crippen LogP contribution in [0.3, 0.4) is 0 Å². The first-order valence-corrected chi connectivity index (χ1v) is 13.1. The fraction of sp³-hybridized carbons (Fsp3) is 0.571. The summed E-state index contributed by atoms with van der Waals surface area (Å²) in [7, 11) is 0. The van der Waals surface area contributed by atoms with Crippen molar-refractivity contribution in [3.63, 3.8) is 0 Å². The standard InChI is InChI=1S/C28H38O9/c1-3-18-15-19(36-28(35-18)22-10-6-12-24(31)26(22)33)8-4-7-17(29)14-20-13-16(2)34-27(37-20)21-9-5-11-23(30)25(21)32/h5-6,9-12,16-20,27-33H,3-4,7-8,13-15H2,1-2H3/t16-,17?,18?,19?,20?,27?,28?/m0/s1. The predicted octanol–water partition coefficient (Wildman–Crippen LogP) is 4.91. The van der Waals surface area contributed by atoms with E-state index in [0.29, 0.717) is 30.4 Å². The molecule has 0 amide bonds. The maximum absolute atomic E-state index is 10.7. The molecule has 5 N–H and O–H groups in total. The second-order valence-electron chi connectivity index (χ2n) is 10.0. The molecule has 0 aromatic heterocycles. The minimum atomic E-state index is -0.819. The van der Waals surface area contributed by atoms with Gasteiger partial charge in [0.1, 0.15) is 0 Å². The summed E-state index contributed by atoms with van der Waals surface area (Å²) in [6.07, 6.45) is 1.90. The molecule has 2 aromatic carbocycles. The van der Waals surface area contributed by atoms with Crippen LogP contribution in [0, 0.1) is 0 Å². The summed E-state index contributed by atoms with van der Waals surface area (Å²) in [6.45, 7) is 3.96. The fourth-order valence-corrected chi connectivity index (χ4v) is 5.06. The number of aliphatic hydroxyl groups excluding tert-OH is 1. The Morgan fingerprint density at radius 3 is 1.97 bits per heavy atom. The molecular weight excluding hydrogens is 480 g/mol. The van der Waals surface area contributed by atoms with Crippen LogP contribution in [0.4, 0.5) is 0 Å². The van der Waals surface area contributed by atoms with E-state index in [9.17, 15) is 25.5 Å². The first kappa shape index (κ1) is 27.5. The summed E-state index contributed by atoms with van der Waals surface area (Å²) < 4.78 is 23.9. The van der Waals surface area contributed by atoms with Crippen LogP contribution >= 0.6 is 0 Å². The van der Waals surface area contributed by atoms with E-state index in [1.807, 2.05) is 13.8 Å². The van der Waals surface area contributed by atoms with Crippen molar-refractivity contribution in [3.05, 3.63) is 47.5 Å². The van der Waals surface area contributed by atoms with Crippen molar-refractivity contribution in [1.82, 2.24) is 0 Å². The van der Waals surface area contributed by atoms with E-state index < -0.39 is 18.7 Å². The summed E-state index contributed by atoms with van der Waals surface area (Å²) >= 11 is 0. The van der Waals surface area contributed by atoms with Gasteiger partial charge in [-0.05, 0) is 69.7 Å². The van der Waals surface area contributed by atoms with E-state index in [1.165, 1.54) is 12.1 Å². The van der Waals surface area contributed by atoms with Crippen molar-refractivity contribution >= 4 is 0 Å². The van der Waals surface area contributed by atoms with Gasteiger partial charge in [0.15, 0.2) is 35.6 Å². The van der Waals surface area contributed by atoms with E-state index in [2.05, 4.69) is 0 Å². The zero-order valence-corrected chi connectivity index (χ0v) is 21.3. The lowest BCUT2D eigenvalue weighted by atomic mass is 9.97. The Hall–Kier alpha value is -2.56. The molecule has 2 heterocycles. The van der Waals surface area contributed by atoms with Crippen LogP contribution in [0.5, 0.6) is 23.0 Å². The Morgan fingerprint density at radius 1 is 0.784 bits per heavy atom. The van der Waals surface area contributed by atoms with Gasteiger partial charge in [0.2, 0.25) is 0 Å². The number of rotatable bonds is 9. The van der Waals surface area contributed by atoms with Gasteiger partial charge >= 0.3 is 0 Å². The van der Waals surface area contributed by atoms with Gasteiger partial charge in [0.25, 0.3) is 0 Å². The molecule has 2 saturated heterocycles. The summed E-state index contributed by atoms with van der Waals surface area (Å²) in [5, 5.41) is 50.8. The number of hydrogen-bond donors (Lipinski definition) is 5. The highest BCUT2D eigenvalue weighted by atomic mass is 16.7. The van der Waals surface area contributed by atoms with E-state index in [-0.39, 0.29) is 47.4 Å². The van der Waals surface area contributed by atoms with Gasteiger partial charge in [-0.25, -0.2) is 0 Å². The molecule has 0 aliphatic carbocycles. The predicted molar refractivity (Wildman–Crippen MR) is 134 cm³/mol. The van der Waals surface area contributed by atoms with Crippen LogP contribution in [-0.2, 0) is 18.9 Å². The molecule has 2 aliphatic heterocycles. The van der Waals surface area contributed by atoms with Crippen molar-refractivity contribution in [3.8, 4) is 23.0 Å². The van der Waals surface area contributed by atoms with Crippen molar-refractivity contribution in [2.75, 3.05) is 0 Å². The molecule has 0 saturated carbocycles. The first-order valence-electron chi connectivity index (χ1n) is 13.1. The number of hydrogen-bond acceptors (Lipinski definition) is 9. The van der Waals surface area contributed by atoms with Gasteiger partial charge < -0.3 is 44.5 Å². The highest BCUT2D eigenvalue weighted by molar-refractivity contribution is 5.45. The van der Waals surface area contributed by atoms with Crippen LogP contribution < -0.4 is 0 Å². The monoisotopic (exact) mass is 518 g/mol. The van der Waals surface area contributed by atoms with Gasteiger partial charge in [-0.1, -0.05) is 19.1 Å². The SMILES string of the molecule is CCC1CC(CCCC(O)CC2C[C@H](C)OC(c3cccc(O)c3O)O2)OC(c2cccc(O)c2O)O1. The van der Waals surface area contributed by atoms with Crippen molar-refractivity contribution in [2.24, 2.45) is 0 Å². The third kappa shape index (κ3) is 6.86. The summed E-state index contributed by atoms with van der Waals surface area (Å²) in [6, 6.07) is 9.39. The average molecular weight is 519 g/mol. The van der Waals surface area contributed by atoms with E-state index in [0.717, 1.165) is 25.7 Å². The molecule has 204 valence electrons. The lowest BCUT2D eigenvalue weighted by molar-refractivity contribution is -0.250. The minimum Gasteiger partial charge on any atom is -0.504 e. The fourth-order valence-electron chi connectivity index (χ4n) is 5.06. The third-order valence-corrected chi connectivity index (χ3v) is 7.08. The summed E-state index contributed by atoms with van der Waals surface area (Å²) in [5.41, 5.74) is 0.766. The van der Waals surface area contributed by atoms with Crippen LogP contribution in [0.1, 0.15) is 82.5 Å². The molecule has 2 fully saturated rings. The van der Waals surface area contributed by atoms with Crippen molar-refractivity contribution in [2.45, 2.75) is 102 Å². The Bertz CT molecular complexity index is 1030. The molecular formula is C28H38O9. The first-order chi connectivity index (χ1) is 17.7. The molecule has 6 unspecified atom stereocenters. The average Bonchev–Trinajstić information content (AvgIpc) is 2.86. The van der Waals surface area contributed by atoms with Crippen molar-refractivity contribution in [1.29, 1.82) is 0 Å². The second kappa shape index (κ2) is 12.3. The molecule has 37 heavy (non-hydrogen) atoms. The number of aromatic hydroxyl groups is 4. The minimum absolute atomic E-state index is 0.0293. The molecule has 2 aliphatic rings. The number of phenolic OH excluding ortho intramolecular Hbond substituents is 4. The quantitative estimate of drug-likeness (QED) is 0.293. The van der Waals surface area contributed by atoms with E-state index in [1.54, 1.807) is 24.3 Å². The number of ether oxygens (including phenoxy) is 4. The second-order valence-corrected chi connectivity index (χ2v) is 10.0. The smallest absolute Gasteiger partial charge is 0.188 e. The normalized spacial score (nSPS) is 29.2. The Kier molecular flexibility index (Phi) is 9.15. The number of phenols is 4. The maximum atomic E-state index is 10.7. The number of benzene rings is 2. The van der Waals surface area contributed by atoms with Crippen molar-refractivity contribution < 1.29 is 44.5 Å². The summed E-state index contributed by atoms with van der Waals surface area (Å²) in [4.78, 5) is 0. The Morgan fingerprint density at radius 2 is 1.35 bits per heavy atom. The lowest BCUT2D eigenvalue weighted by Crippen LogP contribution is -2.35. The van der Waals surface area contributed by atoms with Crippen LogP contribution in [0.2, 0.25) is 0 Å².